The topological polar surface area (TPSA) is 97.1 Å². The van der Waals surface area contributed by atoms with Crippen LogP contribution in [-0.2, 0) is 0 Å². The molecule has 6 nitrogen and oxygen atoms in total. The number of urea groups is 1. The van der Waals surface area contributed by atoms with E-state index < -0.39 is 11.9 Å². The molecule has 0 radical (unpaired) electrons. The number of fused-ring (bicyclic) bond motifs is 1. The monoisotopic (exact) mass is 340 g/mol. The molecule has 0 unspecified atom stereocenters. The summed E-state index contributed by atoms with van der Waals surface area (Å²) in [4.78, 5) is 29.7. The Bertz CT molecular complexity index is 935. The van der Waals surface area contributed by atoms with Crippen molar-refractivity contribution in [3.05, 3.63) is 52.5 Å². The number of carbonyl (C=O) groups is 2. The second-order valence-corrected chi connectivity index (χ2v) is 6.38. The number of aryl methyl sites for hydroxylation is 2. The Labute approximate surface area is 142 Å². The molecule has 0 fully saturated rings. The zero-order valence-electron chi connectivity index (χ0n) is 13.2. The van der Waals surface area contributed by atoms with Gasteiger partial charge in [0.05, 0.1) is 5.69 Å². The van der Waals surface area contributed by atoms with Crippen molar-refractivity contribution in [1.29, 1.82) is 0 Å². The standard InChI is InChI=1S/C17H16N4O2S/c1-9-8-10(2)19-16-12(9)13(18)14(24-16)15(22)21-17(23)20-11-6-4-3-5-7-11/h3-8H,18H2,1-2H3,(H2,20,21,22,23). The SMILES string of the molecule is Cc1cc(C)c2c(N)c(C(=O)NC(=O)Nc3ccccc3)sc2n1. The van der Waals surface area contributed by atoms with Crippen molar-refractivity contribution in [3.8, 4) is 0 Å². The number of carbonyl (C=O) groups excluding carboxylic acids is 2. The van der Waals surface area contributed by atoms with Gasteiger partial charge in [0, 0.05) is 16.8 Å². The van der Waals surface area contributed by atoms with Gasteiger partial charge in [0.15, 0.2) is 0 Å². The maximum Gasteiger partial charge on any atom is 0.326 e. The van der Waals surface area contributed by atoms with E-state index in [2.05, 4.69) is 15.6 Å². The molecule has 3 amide bonds. The summed E-state index contributed by atoms with van der Waals surface area (Å²) in [6, 6.07) is 10.2. The van der Waals surface area contributed by atoms with Gasteiger partial charge in [0.25, 0.3) is 5.91 Å². The highest BCUT2D eigenvalue weighted by Gasteiger charge is 2.20. The van der Waals surface area contributed by atoms with Gasteiger partial charge in [-0.25, -0.2) is 9.78 Å². The highest BCUT2D eigenvalue weighted by atomic mass is 32.1. The maximum atomic E-state index is 12.4. The van der Waals surface area contributed by atoms with E-state index in [1.165, 1.54) is 11.3 Å². The molecule has 24 heavy (non-hydrogen) atoms. The molecule has 3 rings (SSSR count). The summed E-state index contributed by atoms with van der Waals surface area (Å²) in [7, 11) is 0. The number of amides is 3. The number of aromatic nitrogens is 1. The molecule has 2 aromatic heterocycles. The lowest BCUT2D eigenvalue weighted by molar-refractivity contribution is 0.0972. The van der Waals surface area contributed by atoms with Gasteiger partial charge in [-0.3, -0.25) is 10.1 Å². The van der Waals surface area contributed by atoms with Crippen LogP contribution >= 0.6 is 11.3 Å². The van der Waals surface area contributed by atoms with Crippen LogP contribution in [0.25, 0.3) is 10.2 Å². The number of nitrogen functional groups attached to an aromatic ring is 1. The van der Waals surface area contributed by atoms with E-state index in [1.54, 1.807) is 24.3 Å². The number of anilines is 2. The number of benzene rings is 1. The fraction of sp³-hybridized carbons (Fsp3) is 0.118. The first-order chi connectivity index (χ1) is 11.5. The van der Waals surface area contributed by atoms with E-state index in [9.17, 15) is 9.59 Å². The van der Waals surface area contributed by atoms with E-state index in [-0.39, 0.29) is 4.88 Å². The van der Waals surface area contributed by atoms with Crippen LogP contribution in [0.2, 0.25) is 0 Å². The smallest absolute Gasteiger partial charge is 0.326 e. The van der Waals surface area contributed by atoms with Crippen LogP contribution in [0.15, 0.2) is 36.4 Å². The molecule has 3 aromatic rings. The quantitative estimate of drug-likeness (QED) is 0.665. The summed E-state index contributed by atoms with van der Waals surface area (Å²) >= 11 is 1.18. The minimum atomic E-state index is -0.607. The summed E-state index contributed by atoms with van der Waals surface area (Å²) in [5, 5.41) is 5.65. The van der Waals surface area contributed by atoms with Crippen molar-refractivity contribution in [3.63, 3.8) is 0 Å². The maximum absolute atomic E-state index is 12.4. The predicted molar refractivity (Wildman–Crippen MR) is 96.4 cm³/mol. The van der Waals surface area contributed by atoms with Crippen molar-refractivity contribution in [2.75, 3.05) is 11.1 Å². The number of pyridine rings is 1. The first kappa shape index (κ1) is 15.9. The van der Waals surface area contributed by atoms with E-state index in [1.807, 2.05) is 26.0 Å². The molecule has 0 saturated carbocycles. The molecule has 4 N–H and O–H groups in total. The average molecular weight is 340 g/mol. The van der Waals surface area contributed by atoms with Crippen molar-refractivity contribution in [1.82, 2.24) is 10.3 Å². The van der Waals surface area contributed by atoms with Crippen LogP contribution in [0.4, 0.5) is 16.2 Å². The second-order valence-electron chi connectivity index (χ2n) is 5.38. The van der Waals surface area contributed by atoms with Crippen LogP contribution in [0.1, 0.15) is 20.9 Å². The molecule has 0 aliphatic carbocycles. The largest absolute Gasteiger partial charge is 0.397 e. The Balaban J connectivity index is 1.83. The molecule has 1 aromatic carbocycles. The van der Waals surface area contributed by atoms with Gasteiger partial charge in [0.1, 0.15) is 9.71 Å². The lowest BCUT2D eigenvalue weighted by atomic mass is 10.1. The van der Waals surface area contributed by atoms with Crippen LogP contribution < -0.4 is 16.4 Å². The Morgan fingerprint density at radius 2 is 1.88 bits per heavy atom. The number of imide groups is 1. The minimum Gasteiger partial charge on any atom is -0.397 e. The molecule has 2 heterocycles. The molecule has 7 heteroatoms. The van der Waals surface area contributed by atoms with Crippen molar-refractivity contribution < 1.29 is 9.59 Å². The second kappa shape index (κ2) is 6.29. The predicted octanol–water partition coefficient (Wildman–Crippen LogP) is 3.46. The Hall–Kier alpha value is -2.93. The number of hydrogen-bond donors (Lipinski definition) is 3. The van der Waals surface area contributed by atoms with Crippen LogP contribution in [0, 0.1) is 13.8 Å². The number of rotatable bonds is 2. The van der Waals surface area contributed by atoms with E-state index in [0.717, 1.165) is 16.6 Å². The third-order valence-corrected chi connectivity index (χ3v) is 4.59. The van der Waals surface area contributed by atoms with Gasteiger partial charge in [-0.1, -0.05) is 18.2 Å². The van der Waals surface area contributed by atoms with Gasteiger partial charge in [-0.2, -0.15) is 0 Å². The Morgan fingerprint density at radius 1 is 1.17 bits per heavy atom. The number of para-hydroxylation sites is 1. The van der Waals surface area contributed by atoms with Gasteiger partial charge < -0.3 is 11.1 Å². The molecule has 122 valence electrons. The molecule has 0 spiro atoms. The molecular formula is C17H16N4O2S. The molecular weight excluding hydrogens is 324 g/mol. The van der Waals surface area contributed by atoms with Crippen LogP contribution in [0.5, 0.6) is 0 Å². The third kappa shape index (κ3) is 3.07. The Morgan fingerprint density at radius 3 is 2.58 bits per heavy atom. The lowest BCUT2D eigenvalue weighted by Crippen LogP contribution is -2.34. The van der Waals surface area contributed by atoms with Gasteiger partial charge in [-0.05, 0) is 37.6 Å². The molecule has 0 saturated heterocycles. The number of nitrogens with two attached hydrogens (primary N) is 1. The number of hydrogen-bond acceptors (Lipinski definition) is 5. The molecule has 0 aliphatic rings. The third-order valence-electron chi connectivity index (χ3n) is 3.49. The summed E-state index contributed by atoms with van der Waals surface area (Å²) in [6.45, 7) is 3.80. The summed E-state index contributed by atoms with van der Waals surface area (Å²) < 4.78 is 0. The molecule has 0 atom stereocenters. The van der Waals surface area contributed by atoms with E-state index >= 15 is 0 Å². The van der Waals surface area contributed by atoms with Gasteiger partial charge in [-0.15, -0.1) is 11.3 Å². The van der Waals surface area contributed by atoms with E-state index in [0.29, 0.717) is 16.2 Å². The lowest BCUT2D eigenvalue weighted by Gasteiger charge is -2.06. The van der Waals surface area contributed by atoms with Gasteiger partial charge in [0.2, 0.25) is 0 Å². The number of nitrogens with zero attached hydrogens (tertiary/aromatic N) is 1. The number of nitrogens with one attached hydrogen (secondary N) is 2. The first-order valence-electron chi connectivity index (χ1n) is 7.29. The first-order valence-corrected chi connectivity index (χ1v) is 8.11. The molecule has 0 bridgehead atoms. The fourth-order valence-electron chi connectivity index (χ4n) is 2.48. The number of thiophene rings is 1. The van der Waals surface area contributed by atoms with Crippen LogP contribution in [-0.4, -0.2) is 16.9 Å². The zero-order valence-corrected chi connectivity index (χ0v) is 14.0. The van der Waals surface area contributed by atoms with Crippen molar-refractivity contribution in [2.45, 2.75) is 13.8 Å². The summed E-state index contributed by atoms with van der Waals surface area (Å²) in [5.74, 6) is -0.541. The van der Waals surface area contributed by atoms with E-state index in [4.69, 9.17) is 5.73 Å². The van der Waals surface area contributed by atoms with Crippen molar-refractivity contribution >= 4 is 44.9 Å². The van der Waals surface area contributed by atoms with Gasteiger partial charge >= 0.3 is 6.03 Å². The normalized spacial score (nSPS) is 10.6. The summed E-state index contributed by atoms with van der Waals surface area (Å²) in [6.07, 6.45) is 0. The average Bonchev–Trinajstić information content (AvgIpc) is 2.85. The van der Waals surface area contributed by atoms with Crippen molar-refractivity contribution in [2.24, 2.45) is 0 Å². The Kier molecular flexibility index (Phi) is 4.18. The minimum absolute atomic E-state index is 0.286. The highest BCUT2D eigenvalue weighted by Crippen LogP contribution is 2.34. The highest BCUT2D eigenvalue weighted by molar-refractivity contribution is 7.21. The fourth-order valence-corrected chi connectivity index (χ4v) is 3.59. The summed E-state index contributed by atoms with van der Waals surface area (Å²) in [5.41, 5.74) is 8.86. The van der Waals surface area contributed by atoms with Crippen LogP contribution in [0.3, 0.4) is 0 Å². The zero-order chi connectivity index (χ0) is 17.3. The molecule has 0 aliphatic heterocycles.